The number of alkyl halides is 3. The molecule has 1 amide bonds. The first-order valence-corrected chi connectivity index (χ1v) is 9.53. The van der Waals surface area contributed by atoms with E-state index in [4.69, 9.17) is 4.74 Å². The van der Waals surface area contributed by atoms with Crippen LogP contribution >= 0.6 is 0 Å². The molecular weight excluding hydrogens is 363 g/mol. The minimum atomic E-state index is -4.59. The molecule has 0 radical (unpaired) electrons. The number of ether oxygens (including phenoxy) is 1. The van der Waals surface area contributed by atoms with E-state index in [9.17, 15) is 27.9 Å². The van der Waals surface area contributed by atoms with Crippen LogP contribution in [0.3, 0.4) is 0 Å². The van der Waals surface area contributed by atoms with Gasteiger partial charge in [-0.3, -0.25) is 4.79 Å². The van der Waals surface area contributed by atoms with Gasteiger partial charge < -0.3 is 14.7 Å². The highest BCUT2D eigenvalue weighted by atomic mass is 19.4. The molecule has 1 N–H and O–H groups in total. The van der Waals surface area contributed by atoms with Gasteiger partial charge in [0.2, 0.25) is 5.91 Å². The highest BCUT2D eigenvalue weighted by molar-refractivity contribution is 5.86. The summed E-state index contributed by atoms with van der Waals surface area (Å²) in [5, 5.41) is 10.3. The molecule has 0 unspecified atom stereocenters. The summed E-state index contributed by atoms with van der Waals surface area (Å²) >= 11 is 0. The molecule has 3 atom stereocenters. The van der Waals surface area contributed by atoms with Gasteiger partial charge in [0.15, 0.2) is 0 Å². The van der Waals surface area contributed by atoms with Gasteiger partial charge in [-0.2, -0.15) is 13.2 Å². The fourth-order valence-corrected chi connectivity index (χ4v) is 3.03. The highest BCUT2D eigenvalue weighted by Gasteiger charge is 2.42. The third kappa shape index (κ3) is 9.98. The van der Waals surface area contributed by atoms with Crippen molar-refractivity contribution >= 4 is 11.9 Å². The maximum Gasteiger partial charge on any atom is 0.389 e. The molecule has 0 bridgehead atoms. The number of aliphatic hydroxyl groups excluding tert-OH is 1. The predicted octanol–water partition coefficient (Wildman–Crippen LogP) is 3.93. The molecule has 8 heteroatoms. The van der Waals surface area contributed by atoms with Crippen molar-refractivity contribution in [3.05, 3.63) is 0 Å². The van der Waals surface area contributed by atoms with Crippen molar-refractivity contribution < 1.29 is 32.6 Å². The molecule has 0 rings (SSSR count). The number of nitrogens with zero attached hydrogens (tertiary/aromatic N) is 1. The van der Waals surface area contributed by atoms with Gasteiger partial charge in [0, 0.05) is 7.05 Å². The molecule has 0 heterocycles. The maximum absolute atomic E-state index is 13.0. The Morgan fingerprint density at radius 2 is 1.74 bits per heavy atom. The normalized spacial score (nSPS) is 15.3. The van der Waals surface area contributed by atoms with Crippen LogP contribution in [0.5, 0.6) is 0 Å². The topological polar surface area (TPSA) is 66.8 Å². The van der Waals surface area contributed by atoms with Gasteiger partial charge in [0.05, 0.1) is 25.6 Å². The van der Waals surface area contributed by atoms with Gasteiger partial charge in [-0.1, -0.05) is 46.5 Å². The van der Waals surface area contributed by atoms with E-state index in [1.807, 2.05) is 20.8 Å². The number of aliphatic hydroxyl groups is 1. The summed E-state index contributed by atoms with van der Waals surface area (Å²) in [6.07, 6.45) is -3.82. The van der Waals surface area contributed by atoms with Crippen LogP contribution in [0.25, 0.3) is 0 Å². The van der Waals surface area contributed by atoms with Gasteiger partial charge in [0.1, 0.15) is 6.04 Å². The Balaban J connectivity index is 5.35. The van der Waals surface area contributed by atoms with Crippen LogP contribution in [0.2, 0.25) is 0 Å². The first-order valence-electron chi connectivity index (χ1n) is 9.53. The number of esters is 1. The summed E-state index contributed by atoms with van der Waals surface area (Å²) in [4.78, 5) is 25.8. The highest BCUT2D eigenvalue weighted by Crippen LogP contribution is 2.30. The average molecular weight is 397 g/mol. The predicted molar refractivity (Wildman–Crippen MR) is 97.0 cm³/mol. The number of likely N-dealkylation sites (N-methyl/N-ethyl adjacent to an activating group) is 1. The van der Waals surface area contributed by atoms with E-state index in [0.29, 0.717) is 6.42 Å². The molecule has 0 saturated heterocycles. The number of hydrogen-bond acceptors (Lipinski definition) is 4. The lowest BCUT2D eigenvalue weighted by molar-refractivity contribution is -0.171. The first kappa shape index (κ1) is 25.7. The van der Waals surface area contributed by atoms with Gasteiger partial charge in [-0.15, -0.1) is 0 Å². The van der Waals surface area contributed by atoms with Crippen molar-refractivity contribution in [3.8, 4) is 0 Å². The Morgan fingerprint density at radius 1 is 1.15 bits per heavy atom. The van der Waals surface area contributed by atoms with E-state index < -0.39 is 42.5 Å². The molecule has 0 aromatic heterocycles. The second kappa shape index (κ2) is 12.2. The summed E-state index contributed by atoms with van der Waals surface area (Å²) in [6.45, 7) is 5.68. The number of unbranched alkanes of at least 4 members (excludes halogenated alkanes) is 3. The Bertz CT molecular complexity index is 455. The molecule has 27 heavy (non-hydrogen) atoms. The molecule has 0 saturated carbocycles. The summed E-state index contributed by atoms with van der Waals surface area (Å²) < 4.78 is 43.7. The fourth-order valence-electron chi connectivity index (χ4n) is 3.03. The van der Waals surface area contributed by atoms with Crippen LogP contribution in [-0.2, 0) is 14.3 Å². The lowest BCUT2D eigenvalue weighted by atomic mass is 9.91. The van der Waals surface area contributed by atoms with Gasteiger partial charge in [-0.25, -0.2) is 4.79 Å². The number of halogens is 3. The largest absolute Gasteiger partial charge is 0.467 e. The van der Waals surface area contributed by atoms with Crippen LogP contribution in [0.1, 0.15) is 65.7 Å². The standard InChI is InChI=1S/C19H34F3NO4/c1-6-7-8-9-10-16(24)14(12-19(20,21)22)17(25)23(4)15(11-13(2)3)18(26)27-5/h13-16,24H,6-12H2,1-5H3/t14-,15+,16-/m1/s1. The van der Waals surface area contributed by atoms with Crippen molar-refractivity contribution in [3.63, 3.8) is 0 Å². The fraction of sp³-hybridized carbons (Fsp3) is 0.895. The summed E-state index contributed by atoms with van der Waals surface area (Å²) in [5.74, 6) is -3.16. The van der Waals surface area contributed by atoms with Gasteiger partial charge >= 0.3 is 12.1 Å². The molecule has 0 aliphatic carbocycles. The third-order valence-corrected chi connectivity index (χ3v) is 4.57. The minimum absolute atomic E-state index is 0.0318. The van der Waals surface area contributed by atoms with Crippen molar-refractivity contribution in [1.29, 1.82) is 0 Å². The molecule has 0 fully saturated rings. The van der Waals surface area contributed by atoms with Crippen molar-refractivity contribution in [2.75, 3.05) is 14.2 Å². The zero-order valence-electron chi connectivity index (χ0n) is 17.0. The van der Waals surface area contributed by atoms with E-state index in [0.717, 1.165) is 24.2 Å². The van der Waals surface area contributed by atoms with E-state index in [1.165, 1.54) is 14.2 Å². The number of methoxy groups -OCH3 is 1. The quantitative estimate of drug-likeness (QED) is 0.400. The Morgan fingerprint density at radius 3 is 2.19 bits per heavy atom. The Labute approximate surface area is 160 Å². The second-order valence-corrected chi connectivity index (χ2v) is 7.46. The van der Waals surface area contributed by atoms with Gasteiger partial charge in [-0.05, 0) is 18.8 Å². The maximum atomic E-state index is 13.0. The van der Waals surface area contributed by atoms with Crippen LogP contribution in [0.15, 0.2) is 0 Å². The summed E-state index contributed by atoms with van der Waals surface area (Å²) in [7, 11) is 2.46. The monoisotopic (exact) mass is 397 g/mol. The molecule has 5 nitrogen and oxygen atoms in total. The van der Waals surface area contributed by atoms with Crippen molar-refractivity contribution in [1.82, 2.24) is 4.90 Å². The smallest absolute Gasteiger partial charge is 0.389 e. The SMILES string of the molecule is CCCCCC[C@@H](O)[C@@H](CC(F)(F)F)C(=O)N(C)[C@@H](CC(C)C)C(=O)OC. The van der Waals surface area contributed by atoms with E-state index in [2.05, 4.69) is 0 Å². The van der Waals surface area contributed by atoms with Crippen LogP contribution < -0.4 is 0 Å². The molecule has 160 valence electrons. The van der Waals surface area contributed by atoms with E-state index in [-0.39, 0.29) is 18.8 Å². The number of carbonyl (C=O) groups excluding carboxylic acids is 2. The van der Waals surface area contributed by atoms with Crippen molar-refractivity contribution in [2.24, 2.45) is 11.8 Å². The number of amides is 1. The number of carbonyl (C=O) groups is 2. The summed E-state index contributed by atoms with van der Waals surface area (Å²) in [6, 6.07) is -0.981. The molecular formula is C19H34F3NO4. The average Bonchev–Trinajstić information content (AvgIpc) is 2.58. The second-order valence-electron chi connectivity index (χ2n) is 7.46. The third-order valence-electron chi connectivity index (χ3n) is 4.57. The lowest BCUT2D eigenvalue weighted by Crippen LogP contribution is -2.49. The lowest BCUT2D eigenvalue weighted by Gasteiger charge is -2.32. The summed E-state index contributed by atoms with van der Waals surface area (Å²) in [5.41, 5.74) is 0. The van der Waals surface area contributed by atoms with E-state index in [1.54, 1.807) is 0 Å². The van der Waals surface area contributed by atoms with E-state index >= 15 is 0 Å². The van der Waals surface area contributed by atoms with Gasteiger partial charge in [0.25, 0.3) is 0 Å². The molecule has 0 aromatic rings. The van der Waals surface area contributed by atoms with Crippen LogP contribution in [-0.4, -0.2) is 54.4 Å². The number of rotatable bonds is 12. The molecule has 0 aliphatic rings. The zero-order valence-corrected chi connectivity index (χ0v) is 17.0. The number of hydrogen-bond donors (Lipinski definition) is 1. The Hall–Kier alpha value is -1.31. The van der Waals surface area contributed by atoms with Crippen LogP contribution in [0.4, 0.5) is 13.2 Å². The minimum Gasteiger partial charge on any atom is -0.467 e. The molecule has 0 spiro atoms. The Kier molecular flexibility index (Phi) is 11.6. The molecule has 0 aromatic carbocycles. The van der Waals surface area contributed by atoms with Crippen LogP contribution in [0, 0.1) is 11.8 Å². The molecule has 0 aliphatic heterocycles. The van der Waals surface area contributed by atoms with Crippen molar-refractivity contribution in [2.45, 2.75) is 84.0 Å². The first-order chi connectivity index (χ1) is 12.4. The zero-order chi connectivity index (χ0) is 21.2.